The van der Waals surface area contributed by atoms with Crippen LogP contribution in [0.15, 0.2) is 48.5 Å². The minimum Gasteiger partial charge on any atom is -0.449 e. The minimum absolute atomic E-state index is 1.67. The Morgan fingerprint density at radius 2 is 0.230 bits per heavy atom. The molecule has 0 saturated carbocycles. The number of hydrogen-bond donors (Lipinski definition) is 0. The third-order valence-corrected chi connectivity index (χ3v) is 149. The van der Waals surface area contributed by atoms with E-state index in [4.69, 9.17) is 8.23 Å². The van der Waals surface area contributed by atoms with Crippen molar-refractivity contribution in [2.24, 2.45) is 0 Å². The average Bonchev–Trinajstić information content (AvgIpc) is 3.56. The Hall–Kier alpha value is 0.270. The van der Waals surface area contributed by atoms with Crippen LogP contribution in [0.25, 0.3) is 0 Å². The number of hydrogen-bond acceptors (Lipinski definition) is 2. The van der Waals surface area contributed by atoms with E-state index in [0.717, 1.165) is 0 Å². The molecule has 5 aliphatic heterocycles. The van der Waals surface area contributed by atoms with Gasteiger partial charge < -0.3 is 8.23 Å². The van der Waals surface area contributed by atoms with Gasteiger partial charge in [-0.15, -0.1) is 0 Å². The van der Waals surface area contributed by atoms with Crippen molar-refractivity contribution in [2.75, 3.05) is 0 Å². The molecule has 9 rings (SSSR count). The molecule has 18 heteroatoms. The second kappa shape index (κ2) is 16.1. The van der Waals surface area contributed by atoms with Crippen LogP contribution in [0.3, 0.4) is 0 Å². The second-order valence-corrected chi connectivity index (χ2v) is 140. The summed E-state index contributed by atoms with van der Waals surface area (Å²) in [7, 11) is -33.0. The highest BCUT2D eigenvalue weighted by Gasteiger charge is 2.63. The summed E-state index contributed by atoms with van der Waals surface area (Å²) in [6, 6.07) is 24.0. The quantitative estimate of drug-likeness (QED) is 0.202. The van der Waals surface area contributed by atoms with Gasteiger partial charge in [0.05, 0.1) is 91.1 Å². The van der Waals surface area contributed by atoms with Gasteiger partial charge in [-0.3, -0.25) is 0 Å². The van der Waals surface area contributed by atoms with E-state index in [0.29, 0.717) is 0 Å². The molecule has 5 heterocycles. The third kappa shape index (κ3) is 7.17. The predicted molar refractivity (Wildman–Crippen MR) is 382 cm³/mol. The molecule has 0 aliphatic carbocycles. The minimum atomic E-state index is -2.14. The van der Waals surface area contributed by atoms with Crippen molar-refractivity contribution < 1.29 is 8.23 Å². The van der Waals surface area contributed by atoms with Gasteiger partial charge in [0.2, 0.25) is 33.3 Å². The molecule has 74 heavy (non-hydrogen) atoms. The zero-order valence-corrected chi connectivity index (χ0v) is 69.4. The Morgan fingerprint density at radius 1 is 0.149 bits per heavy atom. The van der Waals surface area contributed by atoms with Crippen LogP contribution in [0.5, 0.6) is 0 Å². The summed E-state index contributed by atoms with van der Waals surface area (Å²) in [5.41, 5.74) is 0. The Kier molecular flexibility index (Phi) is 12.8. The van der Waals surface area contributed by atoms with Crippen molar-refractivity contribution >= 4 is 207 Å². The maximum absolute atomic E-state index is 7.28. The molecule has 2 nitrogen and oxygen atoms in total. The normalized spacial score (nSPS) is 27.5. The van der Waals surface area contributed by atoms with E-state index in [1.165, 1.54) is 0 Å². The summed E-state index contributed by atoms with van der Waals surface area (Å²) >= 11 is 0. The highest BCUT2D eigenvalue weighted by Crippen LogP contribution is 2.35. The van der Waals surface area contributed by atoms with Crippen LogP contribution in [0, 0.1) is 0 Å². The third-order valence-electron chi connectivity index (χ3n) is 25.7. The lowest BCUT2D eigenvalue weighted by molar-refractivity contribution is 0.582. The van der Waals surface area contributed by atoms with Gasteiger partial charge in [-0.2, -0.15) is 0 Å². The number of benzene rings is 4. The molecule has 0 N–H and O–H groups in total. The highest BCUT2D eigenvalue weighted by molar-refractivity contribution is 7.61. The van der Waals surface area contributed by atoms with Crippen molar-refractivity contribution in [1.29, 1.82) is 0 Å². The van der Waals surface area contributed by atoms with Gasteiger partial charge in [0.25, 0.3) is 0 Å². The molecular formula is C56H104O2Si16. The fraction of sp³-hybridized carbons (Fsp3) is 0.571. The van der Waals surface area contributed by atoms with Crippen LogP contribution in [0.1, 0.15) is 0 Å². The van der Waals surface area contributed by atoms with Crippen LogP contribution < -0.4 is 83.0 Å². The first-order chi connectivity index (χ1) is 32.7. The highest BCUT2D eigenvalue weighted by atomic mass is 29.3. The van der Waals surface area contributed by atoms with Gasteiger partial charge >= 0.3 is 0 Å². The fourth-order valence-electron chi connectivity index (χ4n) is 16.1. The largest absolute Gasteiger partial charge is 0.449 e. The molecule has 0 spiro atoms. The molecule has 0 saturated heterocycles. The van der Waals surface area contributed by atoms with Crippen molar-refractivity contribution in [3.63, 3.8) is 0 Å². The summed E-state index contributed by atoms with van der Waals surface area (Å²) in [5.74, 6) is 0. The zero-order valence-electron chi connectivity index (χ0n) is 53.4. The van der Waals surface area contributed by atoms with Gasteiger partial charge in [0.1, 0.15) is 0 Å². The van der Waals surface area contributed by atoms with E-state index >= 15 is 0 Å². The lowest BCUT2D eigenvalue weighted by Gasteiger charge is -2.56. The maximum atomic E-state index is 7.28. The molecule has 404 valence electrons. The Morgan fingerprint density at radius 3 is 0.324 bits per heavy atom. The molecular weight excluding hydrogens is 1150 g/mol. The monoisotopic (exact) mass is 1260 g/mol. The van der Waals surface area contributed by atoms with E-state index in [9.17, 15) is 0 Å². The molecule has 4 aromatic carbocycles. The van der Waals surface area contributed by atoms with Gasteiger partial charge in [-0.05, 0) is 73.1 Å². The SMILES string of the molecule is C[Si]1(C)O[Si](C)(C)c2cc3c(cc21)[Si](C)(C)[Si](C)(C)c1cc2c(cc1[Si](C)(C)[Si]3(C)C)[Si](C)(C)[Si](C)(C)c1cc3c(cc1[Si](C)(C)[Si]2(C)C)[Si](C)(C)[Si](C)(C)c1cc2c(cc1[Si](C)(C)[Si]3(C)C)[Si](C)(C)O[Si]2(C)C. The van der Waals surface area contributed by atoms with E-state index in [-0.39, 0.29) is 0 Å². The molecule has 0 aromatic heterocycles. The van der Waals surface area contributed by atoms with E-state index in [1.807, 2.05) is 62.2 Å². The Bertz CT molecular complexity index is 2730. The molecule has 0 atom stereocenters. The number of rotatable bonds is 0. The molecule has 0 radical (unpaired) electrons. The molecule has 5 aliphatic rings. The molecule has 0 amide bonds. The van der Waals surface area contributed by atoms with E-state index in [2.05, 4.69) is 258 Å². The fourth-order valence-corrected chi connectivity index (χ4v) is 108. The lowest BCUT2D eigenvalue weighted by Crippen LogP contribution is -2.90. The first-order valence-corrected chi connectivity index (χ1v) is 82.6. The summed E-state index contributed by atoms with van der Waals surface area (Å²) in [6.07, 6.45) is 0. The van der Waals surface area contributed by atoms with Crippen LogP contribution in [0.2, 0.25) is 210 Å². The summed E-state index contributed by atoms with van der Waals surface area (Å²) in [6.45, 7) is 89.5. The Labute approximate surface area is 469 Å². The van der Waals surface area contributed by atoms with Gasteiger partial charge in [0, 0.05) is 0 Å². The molecule has 0 fully saturated rings. The van der Waals surface area contributed by atoms with Crippen LogP contribution in [-0.4, -0.2) is 124 Å². The topological polar surface area (TPSA) is 18.5 Å². The summed E-state index contributed by atoms with van der Waals surface area (Å²) < 4.78 is 14.6. The zero-order chi connectivity index (χ0) is 56.3. The summed E-state index contributed by atoms with van der Waals surface area (Å²) in [4.78, 5) is 0. The molecule has 4 aromatic rings. The van der Waals surface area contributed by atoms with Gasteiger partial charge in [-0.25, -0.2) is 0 Å². The first kappa shape index (κ1) is 58.9. The molecule has 0 unspecified atom stereocenters. The maximum Gasteiger partial charge on any atom is 0.206 e. The second-order valence-electron chi connectivity index (χ2n) is 33.5. The number of fused-ring (bicyclic) bond motifs is 8. The van der Waals surface area contributed by atoms with E-state index < -0.39 is 124 Å². The predicted octanol–water partition coefficient (Wildman–Crippen LogP) is 5.99. The lowest BCUT2D eigenvalue weighted by atomic mass is 10.3. The van der Waals surface area contributed by atoms with Crippen molar-refractivity contribution in [2.45, 2.75) is 210 Å². The summed E-state index contributed by atoms with van der Waals surface area (Å²) in [5, 5.41) is 29.6. The van der Waals surface area contributed by atoms with Gasteiger partial charge in [-0.1, -0.05) is 268 Å². The van der Waals surface area contributed by atoms with Crippen LogP contribution >= 0.6 is 0 Å². The Balaban J connectivity index is 1.35. The van der Waals surface area contributed by atoms with Crippen molar-refractivity contribution in [3.8, 4) is 0 Å². The van der Waals surface area contributed by atoms with Crippen molar-refractivity contribution in [1.82, 2.24) is 0 Å². The smallest absolute Gasteiger partial charge is 0.206 e. The standard InChI is InChI=1S/C56H104O2Si16/c1-59(2)41-33-45-46(34-42(41)60(3,4)57-59)64(11,12)68(19,20)50-38-54-53(37-49(50)67(17,18)63(45,9)10)71(25,26)73(29,30)55-39-51-52(40-56(55)74(31,32)72(54,27)28)70(23,24)66(15,16)48-36-44-43(61(5,6)58-62(44,7)8)35-47(48)65(13,14)69(51,21)22/h33-40H,1-32H3. The van der Waals surface area contributed by atoms with Crippen molar-refractivity contribution in [3.05, 3.63) is 48.5 Å². The van der Waals surface area contributed by atoms with Crippen LogP contribution in [0.4, 0.5) is 0 Å². The molecule has 0 bridgehead atoms. The van der Waals surface area contributed by atoms with Gasteiger partial charge in [0.15, 0.2) is 0 Å². The average molecular weight is 1260 g/mol. The van der Waals surface area contributed by atoms with Crippen LogP contribution in [-0.2, 0) is 8.23 Å². The van der Waals surface area contributed by atoms with E-state index in [1.54, 1.807) is 20.7 Å². The first-order valence-electron chi connectivity index (χ1n) is 28.9.